The zero-order valence-corrected chi connectivity index (χ0v) is 17.5. The van der Waals surface area contributed by atoms with Crippen LogP contribution in [-0.2, 0) is 7.05 Å². The molecule has 0 aliphatic rings. The minimum atomic E-state index is 0.660. The van der Waals surface area contributed by atoms with Gasteiger partial charge in [0.25, 0.3) is 0 Å². The molecule has 0 radical (unpaired) electrons. The summed E-state index contributed by atoms with van der Waals surface area (Å²) in [6.45, 7) is 0. The molecule has 4 aromatic rings. The summed E-state index contributed by atoms with van der Waals surface area (Å²) in [5.41, 5.74) is 1.06. The second kappa shape index (κ2) is 7.20. The molecule has 29 heavy (non-hydrogen) atoms. The van der Waals surface area contributed by atoms with E-state index in [0.29, 0.717) is 23.0 Å². The highest BCUT2D eigenvalue weighted by molar-refractivity contribution is 6.16. The standard InChI is InChI=1S/C23H24NO5/c1-24-12-13-7-19(26-3)20(27-4)8-14(13)16-10-18(25-2)15-9-21(28-5)22(29-6)11-17(15)23(16)24/h7-12H,1-6H3/q+1. The van der Waals surface area contributed by atoms with Crippen LogP contribution in [0.5, 0.6) is 28.7 Å². The average Bonchev–Trinajstić information content (AvgIpc) is 2.76. The molecule has 3 aromatic carbocycles. The van der Waals surface area contributed by atoms with Crippen LogP contribution in [0.3, 0.4) is 0 Å². The van der Waals surface area contributed by atoms with E-state index in [1.807, 2.05) is 31.3 Å². The van der Waals surface area contributed by atoms with Crippen LogP contribution in [0.25, 0.3) is 32.4 Å². The molecule has 6 heteroatoms. The van der Waals surface area contributed by atoms with Crippen LogP contribution in [0.15, 0.2) is 36.5 Å². The molecule has 4 rings (SSSR count). The molecular weight excluding hydrogens is 370 g/mol. The molecule has 6 nitrogen and oxygen atoms in total. The smallest absolute Gasteiger partial charge is 0.221 e. The Morgan fingerprint density at radius 3 is 1.48 bits per heavy atom. The van der Waals surface area contributed by atoms with Crippen molar-refractivity contribution in [3.63, 3.8) is 0 Å². The first-order valence-electron chi connectivity index (χ1n) is 9.17. The summed E-state index contributed by atoms with van der Waals surface area (Å²) >= 11 is 0. The Bertz CT molecular complexity index is 1250. The van der Waals surface area contributed by atoms with Crippen molar-refractivity contribution in [2.75, 3.05) is 35.5 Å². The van der Waals surface area contributed by atoms with Crippen molar-refractivity contribution in [3.8, 4) is 28.7 Å². The molecule has 0 atom stereocenters. The third-order valence-electron chi connectivity index (χ3n) is 5.33. The number of hydrogen-bond acceptors (Lipinski definition) is 5. The van der Waals surface area contributed by atoms with Crippen molar-refractivity contribution in [2.24, 2.45) is 7.05 Å². The number of methoxy groups -OCH3 is 5. The summed E-state index contributed by atoms with van der Waals surface area (Å²) in [4.78, 5) is 0. The molecule has 0 fully saturated rings. The SMILES string of the molecule is COc1cc2c[n+](C)c3c4cc(OC)c(OC)cc4c(OC)cc3c2cc1OC. The summed E-state index contributed by atoms with van der Waals surface area (Å²) in [5.74, 6) is 3.46. The van der Waals surface area contributed by atoms with E-state index in [4.69, 9.17) is 23.7 Å². The van der Waals surface area contributed by atoms with Gasteiger partial charge in [-0.25, -0.2) is 0 Å². The number of pyridine rings is 1. The van der Waals surface area contributed by atoms with Gasteiger partial charge in [-0.3, -0.25) is 0 Å². The summed E-state index contributed by atoms with van der Waals surface area (Å²) in [5, 5.41) is 5.09. The van der Waals surface area contributed by atoms with Crippen molar-refractivity contribution in [2.45, 2.75) is 0 Å². The van der Waals surface area contributed by atoms with Crippen LogP contribution < -0.4 is 28.3 Å². The van der Waals surface area contributed by atoms with E-state index in [0.717, 1.165) is 38.2 Å². The summed E-state index contributed by atoms with van der Waals surface area (Å²) in [6.07, 6.45) is 2.09. The van der Waals surface area contributed by atoms with E-state index in [9.17, 15) is 0 Å². The predicted molar refractivity (Wildman–Crippen MR) is 113 cm³/mol. The highest BCUT2D eigenvalue weighted by Gasteiger charge is 2.21. The lowest BCUT2D eigenvalue weighted by atomic mass is 9.99. The number of hydrogen-bond donors (Lipinski definition) is 0. The van der Waals surface area contributed by atoms with Gasteiger partial charge < -0.3 is 23.7 Å². The van der Waals surface area contributed by atoms with Crippen LogP contribution in [0.4, 0.5) is 0 Å². The highest BCUT2D eigenvalue weighted by atomic mass is 16.5. The number of ether oxygens (including phenoxy) is 5. The van der Waals surface area contributed by atoms with Gasteiger partial charge >= 0.3 is 0 Å². The van der Waals surface area contributed by atoms with Gasteiger partial charge in [0.2, 0.25) is 5.52 Å². The minimum absolute atomic E-state index is 0.660. The molecule has 1 heterocycles. The Hall–Kier alpha value is -3.41. The number of benzene rings is 3. The summed E-state index contributed by atoms with van der Waals surface area (Å²) in [7, 11) is 10.2. The number of aryl methyl sites for hydroxylation is 1. The maximum Gasteiger partial charge on any atom is 0.221 e. The van der Waals surface area contributed by atoms with Gasteiger partial charge in [-0.15, -0.1) is 0 Å². The zero-order chi connectivity index (χ0) is 20.7. The third-order valence-corrected chi connectivity index (χ3v) is 5.33. The van der Waals surface area contributed by atoms with Crippen molar-refractivity contribution < 1.29 is 28.3 Å². The van der Waals surface area contributed by atoms with Crippen LogP contribution in [-0.4, -0.2) is 35.5 Å². The average molecular weight is 394 g/mol. The quantitative estimate of drug-likeness (QED) is 0.378. The first-order chi connectivity index (χ1) is 14.1. The van der Waals surface area contributed by atoms with Gasteiger partial charge in [0.1, 0.15) is 12.8 Å². The largest absolute Gasteiger partial charge is 0.496 e. The maximum absolute atomic E-state index is 5.74. The third kappa shape index (κ3) is 2.83. The van der Waals surface area contributed by atoms with E-state index < -0.39 is 0 Å². The van der Waals surface area contributed by atoms with Crippen LogP contribution in [0.2, 0.25) is 0 Å². The first kappa shape index (κ1) is 18.9. The van der Waals surface area contributed by atoms with Crippen LogP contribution in [0.1, 0.15) is 0 Å². The van der Waals surface area contributed by atoms with Crippen molar-refractivity contribution >= 4 is 32.4 Å². The highest BCUT2D eigenvalue weighted by Crippen LogP contribution is 2.42. The van der Waals surface area contributed by atoms with Gasteiger partial charge in [0.05, 0.1) is 51.7 Å². The van der Waals surface area contributed by atoms with Gasteiger partial charge in [-0.1, -0.05) is 0 Å². The predicted octanol–water partition coefficient (Wildman–Crippen LogP) is 4.01. The lowest BCUT2D eigenvalue weighted by molar-refractivity contribution is -0.642. The molecule has 0 aliphatic carbocycles. The van der Waals surface area contributed by atoms with E-state index >= 15 is 0 Å². The Labute approximate surface area is 169 Å². The van der Waals surface area contributed by atoms with Crippen LogP contribution in [0, 0.1) is 0 Å². The fourth-order valence-electron chi connectivity index (χ4n) is 3.96. The Balaban J connectivity index is 2.23. The Kier molecular flexibility index (Phi) is 4.70. The Morgan fingerprint density at radius 1 is 0.517 bits per heavy atom. The molecule has 0 spiro atoms. The fraction of sp³-hybridized carbons (Fsp3) is 0.261. The van der Waals surface area contributed by atoms with E-state index in [1.54, 1.807) is 35.5 Å². The van der Waals surface area contributed by atoms with Crippen LogP contribution >= 0.6 is 0 Å². The molecule has 0 unspecified atom stereocenters. The van der Waals surface area contributed by atoms with Gasteiger partial charge in [-0.05, 0) is 30.3 Å². The number of rotatable bonds is 5. The molecular formula is C23H24NO5+. The van der Waals surface area contributed by atoms with E-state index in [-0.39, 0.29) is 0 Å². The molecule has 0 bridgehead atoms. The van der Waals surface area contributed by atoms with Gasteiger partial charge in [0.15, 0.2) is 29.2 Å². The molecule has 0 saturated carbocycles. The van der Waals surface area contributed by atoms with Gasteiger partial charge in [0, 0.05) is 10.8 Å². The molecule has 0 N–H and O–H groups in total. The first-order valence-corrected chi connectivity index (χ1v) is 9.17. The molecule has 0 amide bonds. The zero-order valence-electron chi connectivity index (χ0n) is 17.5. The second-order valence-electron chi connectivity index (χ2n) is 6.76. The summed E-state index contributed by atoms with van der Waals surface area (Å²) in [6, 6.07) is 9.98. The number of fused-ring (bicyclic) bond motifs is 5. The molecule has 0 saturated heterocycles. The van der Waals surface area contributed by atoms with E-state index in [1.165, 1.54) is 0 Å². The molecule has 1 aromatic heterocycles. The molecule has 150 valence electrons. The maximum atomic E-state index is 5.74. The normalized spacial score (nSPS) is 11.1. The lowest BCUT2D eigenvalue weighted by Gasteiger charge is -2.14. The van der Waals surface area contributed by atoms with Crippen molar-refractivity contribution in [3.05, 3.63) is 36.5 Å². The lowest BCUT2D eigenvalue weighted by Crippen LogP contribution is -2.28. The van der Waals surface area contributed by atoms with E-state index in [2.05, 4.69) is 16.8 Å². The second-order valence-corrected chi connectivity index (χ2v) is 6.76. The number of nitrogens with zero attached hydrogens (tertiary/aromatic N) is 1. The van der Waals surface area contributed by atoms with Crippen molar-refractivity contribution in [1.29, 1.82) is 0 Å². The summed E-state index contributed by atoms with van der Waals surface area (Å²) < 4.78 is 29.9. The number of aromatic nitrogens is 1. The minimum Gasteiger partial charge on any atom is -0.496 e. The fourth-order valence-corrected chi connectivity index (χ4v) is 3.96. The Morgan fingerprint density at radius 2 is 0.931 bits per heavy atom. The van der Waals surface area contributed by atoms with Gasteiger partial charge in [-0.2, -0.15) is 4.57 Å². The monoisotopic (exact) mass is 394 g/mol. The molecule has 0 aliphatic heterocycles. The van der Waals surface area contributed by atoms with Crippen molar-refractivity contribution in [1.82, 2.24) is 0 Å². The topological polar surface area (TPSA) is 50.0 Å².